The van der Waals surface area contributed by atoms with E-state index in [9.17, 15) is 4.79 Å². The number of nitrogens with one attached hydrogen (secondary N) is 1. The second-order valence-electron chi connectivity index (χ2n) is 6.43. The van der Waals surface area contributed by atoms with Crippen LogP contribution in [0.3, 0.4) is 0 Å². The Morgan fingerprint density at radius 2 is 2.36 bits per heavy atom. The molecule has 1 N–H and O–H groups in total. The standard InChI is InChI=1S/C18H18N6O/c1-11-22-14-9-21-18-13(5-7-20-18)16(14)17(23-11)12-3-2-8-24(10-12)15(25)4-6-19/h5,7,9,12H,2-4,8,10H2,1H3,(H,20,21). The van der Waals surface area contributed by atoms with Crippen molar-refractivity contribution in [1.29, 1.82) is 5.26 Å². The molecule has 3 aromatic heterocycles. The zero-order valence-corrected chi connectivity index (χ0v) is 14.0. The fourth-order valence-electron chi connectivity index (χ4n) is 3.68. The number of aromatic nitrogens is 4. The highest BCUT2D eigenvalue weighted by Gasteiger charge is 2.27. The highest BCUT2D eigenvalue weighted by molar-refractivity contribution is 6.04. The molecular weight excluding hydrogens is 316 g/mol. The molecule has 4 rings (SSSR count). The van der Waals surface area contributed by atoms with Gasteiger partial charge in [0.15, 0.2) is 0 Å². The first-order chi connectivity index (χ1) is 12.2. The number of nitriles is 1. The summed E-state index contributed by atoms with van der Waals surface area (Å²) in [6, 6.07) is 3.94. The van der Waals surface area contributed by atoms with Crippen LogP contribution in [0.25, 0.3) is 21.9 Å². The summed E-state index contributed by atoms with van der Waals surface area (Å²) < 4.78 is 0. The molecule has 1 saturated heterocycles. The summed E-state index contributed by atoms with van der Waals surface area (Å²) in [5.41, 5.74) is 2.62. The topological polar surface area (TPSA) is 98.6 Å². The van der Waals surface area contributed by atoms with Gasteiger partial charge in [0.1, 0.15) is 17.9 Å². The average Bonchev–Trinajstić information content (AvgIpc) is 3.10. The Morgan fingerprint density at radius 3 is 3.20 bits per heavy atom. The number of likely N-dealkylation sites (tertiary alicyclic amines) is 1. The van der Waals surface area contributed by atoms with Crippen molar-refractivity contribution < 1.29 is 4.79 Å². The third-order valence-electron chi connectivity index (χ3n) is 4.78. The number of amides is 1. The summed E-state index contributed by atoms with van der Waals surface area (Å²) in [4.78, 5) is 30.7. The van der Waals surface area contributed by atoms with E-state index in [2.05, 4.69) is 15.0 Å². The van der Waals surface area contributed by atoms with E-state index in [1.54, 1.807) is 11.1 Å². The zero-order valence-electron chi connectivity index (χ0n) is 14.0. The molecule has 1 fully saturated rings. The van der Waals surface area contributed by atoms with Crippen LogP contribution < -0.4 is 0 Å². The molecule has 0 bridgehead atoms. The number of fused-ring (bicyclic) bond motifs is 3. The van der Waals surface area contributed by atoms with Crippen molar-refractivity contribution in [2.75, 3.05) is 13.1 Å². The van der Waals surface area contributed by atoms with Crippen LogP contribution in [-0.4, -0.2) is 43.8 Å². The minimum Gasteiger partial charge on any atom is -0.346 e. The van der Waals surface area contributed by atoms with E-state index in [0.29, 0.717) is 18.9 Å². The van der Waals surface area contributed by atoms with Crippen molar-refractivity contribution >= 4 is 27.8 Å². The van der Waals surface area contributed by atoms with Crippen LogP contribution in [0.4, 0.5) is 0 Å². The van der Waals surface area contributed by atoms with E-state index in [-0.39, 0.29) is 18.2 Å². The molecule has 7 nitrogen and oxygen atoms in total. The van der Waals surface area contributed by atoms with Gasteiger partial charge < -0.3 is 9.88 Å². The molecule has 126 valence electrons. The van der Waals surface area contributed by atoms with Gasteiger partial charge in [-0.2, -0.15) is 5.26 Å². The summed E-state index contributed by atoms with van der Waals surface area (Å²) in [7, 11) is 0. The van der Waals surface area contributed by atoms with Crippen LogP contribution in [0.15, 0.2) is 18.5 Å². The molecule has 1 unspecified atom stereocenters. The second kappa shape index (κ2) is 6.13. The Labute approximate surface area is 144 Å². The number of hydrogen-bond donors (Lipinski definition) is 1. The fraction of sp³-hybridized carbons (Fsp3) is 0.389. The lowest BCUT2D eigenvalue weighted by Gasteiger charge is -2.32. The second-order valence-corrected chi connectivity index (χ2v) is 6.43. The van der Waals surface area contributed by atoms with Crippen LogP contribution >= 0.6 is 0 Å². The maximum Gasteiger partial charge on any atom is 0.236 e. The normalized spacial score (nSPS) is 17.8. The van der Waals surface area contributed by atoms with E-state index in [4.69, 9.17) is 10.2 Å². The van der Waals surface area contributed by atoms with Crippen molar-refractivity contribution in [3.05, 3.63) is 30.0 Å². The van der Waals surface area contributed by atoms with Crippen molar-refractivity contribution in [3.8, 4) is 6.07 Å². The Bertz CT molecular complexity index is 1000. The highest BCUT2D eigenvalue weighted by atomic mass is 16.2. The number of H-pyrrole nitrogens is 1. The van der Waals surface area contributed by atoms with Crippen LogP contribution in [0, 0.1) is 18.3 Å². The molecule has 1 atom stereocenters. The number of carbonyl (C=O) groups is 1. The highest BCUT2D eigenvalue weighted by Crippen LogP contribution is 2.33. The van der Waals surface area contributed by atoms with Crippen LogP contribution in [-0.2, 0) is 4.79 Å². The third-order valence-corrected chi connectivity index (χ3v) is 4.78. The van der Waals surface area contributed by atoms with Gasteiger partial charge in [0.2, 0.25) is 5.91 Å². The molecular formula is C18H18N6O. The molecule has 0 aliphatic carbocycles. The molecule has 25 heavy (non-hydrogen) atoms. The molecule has 0 saturated carbocycles. The monoisotopic (exact) mass is 334 g/mol. The molecule has 4 heterocycles. The van der Waals surface area contributed by atoms with Crippen LogP contribution in [0.1, 0.15) is 36.7 Å². The molecule has 7 heteroatoms. The van der Waals surface area contributed by atoms with E-state index in [1.165, 1.54) is 0 Å². The Hall–Kier alpha value is -3.01. The minimum atomic E-state index is -0.101. The first-order valence-electron chi connectivity index (χ1n) is 8.42. The fourth-order valence-corrected chi connectivity index (χ4v) is 3.68. The minimum absolute atomic E-state index is 0.0672. The van der Waals surface area contributed by atoms with Gasteiger partial charge in [-0.3, -0.25) is 4.79 Å². The summed E-state index contributed by atoms with van der Waals surface area (Å²) in [6.45, 7) is 3.19. The number of rotatable bonds is 2. The van der Waals surface area contributed by atoms with Gasteiger partial charge in [-0.15, -0.1) is 0 Å². The van der Waals surface area contributed by atoms with Gasteiger partial charge in [0, 0.05) is 36.0 Å². The van der Waals surface area contributed by atoms with Gasteiger partial charge >= 0.3 is 0 Å². The predicted octanol–water partition coefficient (Wildman–Crippen LogP) is 2.43. The largest absolute Gasteiger partial charge is 0.346 e. The Morgan fingerprint density at radius 1 is 1.48 bits per heavy atom. The van der Waals surface area contributed by atoms with Crippen LogP contribution in [0.5, 0.6) is 0 Å². The lowest BCUT2D eigenvalue weighted by molar-refractivity contribution is -0.131. The molecule has 1 aliphatic rings. The number of nitrogens with zero attached hydrogens (tertiary/aromatic N) is 5. The smallest absolute Gasteiger partial charge is 0.236 e. The maximum atomic E-state index is 12.1. The van der Waals surface area contributed by atoms with Gasteiger partial charge in [0.05, 0.1) is 23.5 Å². The quantitative estimate of drug-likeness (QED) is 0.776. The van der Waals surface area contributed by atoms with Crippen LogP contribution in [0.2, 0.25) is 0 Å². The lowest BCUT2D eigenvalue weighted by Crippen LogP contribution is -2.39. The van der Waals surface area contributed by atoms with Gasteiger partial charge in [-0.1, -0.05) is 0 Å². The number of carbonyl (C=O) groups excluding carboxylic acids is 1. The average molecular weight is 334 g/mol. The summed E-state index contributed by atoms with van der Waals surface area (Å²) in [5.74, 6) is 0.747. The zero-order chi connectivity index (χ0) is 17.4. The van der Waals surface area contributed by atoms with Gasteiger partial charge in [0.25, 0.3) is 0 Å². The molecule has 0 spiro atoms. The summed E-state index contributed by atoms with van der Waals surface area (Å²) >= 11 is 0. The SMILES string of the molecule is Cc1nc(C2CCCN(C(=O)CC#N)C2)c2c(cnc3[nH]ccc32)n1. The van der Waals surface area contributed by atoms with E-state index in [1.807, 2.05) is 25.3 Å². The molecule has 1 amide bonds. The van der Waals surface area contributed by atoms with Crippen molar-refractivity contribution in [2.24, 2.45) is 0 Å². The number of aryl methyl sites for hydroxylation is 1. The number of piperidine rings is 1. The van der Waals surface area contributed by atoms with Gasteiger partial charge in [-0.25, -0.2) is 15.0 Å². The van der Waals surface area contributed by atoms with E-state index < -0.39 is 0 Å². The molecule has 3 aromatic rings. The summed E-state index contributed by atoms with van der Waals surface area (Å²) in [6.07, 6.45) is 5.45. The van der Waals surface area contributed by atoms with Crippen molar-refractivity contribution in [1.82, 2.24) is 24.8 Å². The number of aromatic amines is 1. The predicted molar refractivity (Wildman–Crippen MR) is 92.7 cm³/mol. The van der Waals surface area contributed by atoms with E-state index >= 15 is 0 Å². The maximum absolute atomic E-state index is 12.1. The van der Waals surface area contributed by atoms with E-state index in [0.717, 1.165) is 40.5 Å². The van der Waals surface area contributed by atoms with Crippen molar-refractivity contribution in [3.63, 3.8) is 0 Å². The first-order valence-corrected chi connectivity index (χ1v) is 8.42. The summed E-state index contributed by atoms with van der Waals surface area (Å²) in [5, 5.41) is 10.8. The Balaban J connectivity index is 1.81. The van der Waals surface area contributed by atoms with Gasteiger partial charge in [-0.05, 0) is 25.8 Å². The lowest BCUT2D eigenvalue weighted by atomic mass is 9.91. The molecule has 1 aliphatic heterocycles. The number of hydrogen-bond acceptors (Lipinski definition) is 5. The third kappa shape index (κ3) is 2.70. The molecule has 0 aromatic carbocycles. The first kappa shape index (κ1) is 15.5. The number of pyridine rings is 1. The van der Waals surface area contributed by atoms with Crippen molar-refractivity contribution in [2.45, 2.75) is 32.1 Å². The Kier molecular flexibility index (Phi) is 3.80. The molecule has 0 radical (unpaired) electrons.